The second kappa shape index (κ2) is 6.80. The molecule has 0 saturated carbocycles. The summed E-state index contributed by atoms with van der Waals surface area (Å²) >= 11 is 0. The van der Waals surface area contributed by atoms with E-state index in [1.807, 2.05) is 0 Å². The van der Waals surface area contributed by atoms with Crippen molar-refractivity contribution in [3.8, 4) is 5.69 Å². The van der Waals surface area contributed by atoms with Gasteiger partial charge in [-0.2, -0.15) is 18.3 Å². The number of hydrogen-bond donors (Lipinski definition) is 0. The van der Waals surface area contributed by atoms with Gasteiger partial charge >= 0.3 is 12.1 Å². The fraction of sp³-hybridized carbons (Fsp3) is 0.111. The monoisotopic (exact) mass is 346 g/mol. The number of carbonyl (C=O) groups is 1. The summed E-state index contributed by atoms with van der Waals surface area (Å²) in [6, 6.07) is 13.1. The zero-order valence-electron chi connectivity index (χ0n) is 12.9. The van der Waals surface area contributed by atoms with Crippen LogP contribution in [0.2, 0.25) is 0 Å². The van der Waals surface area contributed by atoms with Gasteiger partial charge in [-0.05, 0) is 42.0 Å². The SMILES string of the molecule is O=C(OCc1ccc(-n2cccn2)cc1)c1cccc(C(F)(F)F)c1. The van der Waals surface area contributed by atoms with Crippen molar-refractivity contribution in [2.75, 3.05) is 0 Å². The average Bonchev–Trinajstić information content (AvgIpc) is 3.14. The quantitative estimate of drug-likeness (QED) is 0.664. The van der Waals surface area contributed by atoms with E-state index in [2.05, 4.69) is 5.10 Å². The lowest BCUT2D eigenvalue weighted by Crippen LogP contribution is -2.09. The zero-order valence-corrected chi connectivity index (χ0v) is 12.9. The van der Waals surface area contributed by atoms with Crippen LogP contribution in [0.4, 0.5) is 13.2 Å². The van der Waals surface area contributed by atoms with E-state index in [1.54, 1.807) is 47.4 Å². The highest BCUT2D eigenvalue weighted by Gasteiger charge is 2.31. The van der Waals surface area contributed by atoms with Crippen LogP contribution in [0.3, 0.4) is 0 Å². The standard InChI is InChI=1S/C18H13F3N2O2/c19-18(20,21)15-4-1-3-14(11-15)17(24)25-12-13-5-7-16(8-6-13)23-10-2-9-22-23/h1-11H,12H2. The van der Waals surface area contributed by atoms with Gasteiger partial charge in [-0.25, -0.2) is 9.48 Å². The topological polar surface area (TPSA) is 44.1 Å². The summed E-state index contributed by atoms with van der Waals surface area (Å²) in [6.07, 6.45) is -1.05. The number of esters is 1. The number of ether oxygens (including phenoxy) is 1. The first-order chi connectivity index (χ1) is 11.9. The van der Waals surface area contributed by atoms with Crippen molar-refractivity contribution in [1.29, 1.82) is 0 Å². The second-order valence-electron chi connectivity index (χ2n) is 5.27. The molecule has 0 aliphatic rings. The molecule has 0 aliphatic heterocycles. The van der Waals surface area contributed by atoms with Crippen molar-refractivity contribution >= 4 is 5.97 Å². The molecule has 1 aromatic heterocycles. The molecular formula is C18H13F3N2O2. The summed E-state index contributed by atoms with van der Waals surface area (Å²) in [7, 11) is 0. The van der Waals surface area contributed by atoms with E-state index in [4.69, 9.17) is 4.74 Å². The number of rotatable bonds is 4. The van der Waals surface area contributed by atoms with Crippen LogP contribution in [-0.4, -0.2) is 15.7 Å². The number of alkyl halides is 3. The predicted molar refractivity (Wildman–Crippen MR) is 84.1 cm³/mol. The lowest BCUT2D eigenvalue weighted by molar-refractivity contribution is -0.137. The first kappa shape index (κ1) is 16.8. The average molecular weight is 346 g/mol. The lowest BCUT2D eigenvalue weighted by Gasteiger charge is -2.09. The van der Waals surface area contributed by atoms with E-state index >= 15 is 0 Å². The van der Waals surface area contributed by atoms with E-state index in [1.165, 1.54) is 12.1 Å². The van der Waals surface area contributed by atoms with Crippen molar-refractivity contribution < 1.29 is 22.7 Å². The normalized spacial score (nSPS) is 11.3. The molecule has 0 radical (unpaired) electrons. The Morgan fingerprint density at radius 2 is 1.84 bits per heavy atom. The number of nitrogens with zero attached hydrogens (tertiary/aromatic N) is 2. The molecule has 0 saturated heterocycles. The van der Waals surface area contributed by atoms with Crippen LogP contribution >= 0.6 is 0 Å². The Balaban J connectivity index is 1.64. The minimum atomic E-state index is -4.50. The zero-order chi connectivity index (χ0) is 17.9. The molecule has 7 heteroatoms. The molecular weight excluding hydrogens is 333 g/mol. The molecule has 0 amide bonds. The van der Waals surface area contributed by atoms with Crippen molar-refractivity contribution in [3.63, 3.8) is 0 Å². The minimum absolute atomic E-state index is 0.0333. The van der Waals surface area contributed by atoms with E-state index in [0.29, 0.717) is 0 Å². The highest BCUT2D eigenvalue weighted by molar-refractivity contribution is 5.89. The highest BCUT2D eigenvalue weighted by atomic mass is 19.4. The van der Waals surface area contributed by atoms with Gasteiger partial charge < -0.3 is 4.74 Å². The van der Waals surface area contributed by atoms with Gasteiger partial charge in [0.15, 0.2) is 0 Å². The molecule has 0 aliphatic carbocycles. The molecule has 2 aromatic carbocycles. The fourth-order valence-electron chi connectivity index (χ4n) is 2.22. The summed E-state index contributed by atoms with van der Waals surface area (Å²) in [5, 5.41) is 4.10. The summed E-state index contributed by atoms with van der Waals surface area (Å²) in [5.41, 5.74) is 0.544. The molecule has 0 fully saturated rings. The molecule has 1 heterocycles. The van der Waals surface area contributed by atoms with Crippen LogP contribution in [0.15, 0.2) is 67.0 Å². The first-order valence-corrected chi connectivity index (χ1v) is 7.37. The van der Waals surface area contributed by atoms with Gasteiger partial charge in [-0.15, -0.1) is 0 Å². The van der Waals surface area contributed by atoms with Crippen LogP contribution in [0.25, 0.3) is 5.69 Å². The third kappa shape index (κ3) is 4.06. The molecule has 0 bridgehead atoms. The van der Waals surface area contributed by atoms with Crippen molar-refractivity contribution in [1.82, 2.24) is 9.78 Å². The molecule has 3 aromatic rings. The molecule has 0 unspecified atom stereocenters. The second-order valence-corrected chi connectivity index (χ2v) is 5.27. The molecule has 3 rings (SSSR count). The molecule has 0 atom stereocenters. The fourth-order valence-corrected chi connectivity index (χ4v) is 2.22. The predicted octanol–water partition coefficient (Wildman–Crippen LogP) is 4.25. The number of benzene rings is 2. The van der Waals surface area contributed by atoms with Gasteiger partial charge in [0, 0.05) is 12.4 Å². The maximum Gasteiger partial charge on any atom is 0.416 e. The van der Waals surface area contributed by atoms with Gasteiger partial charge in [0.05, 0.1) is 16.8 Å². The summed E-state index contributed by atoms with van der Waals surface area (Å²) < 4.78 is 44.8. The Hall–Kier alpha value is -3.09. The largest absolute Gasteiger partial charge is 0.457 e. The Morgan fingerprint density at radius 1 is 1.08 bits per heavy atom. The maximum atomic E-state index is 12.7. The van der Waals surface area contributed by atoms with Gasteiger partial charge in [-0.3, -0.25) is 0 Å². The first-order valence-electron chi connectivity index (χ1n) is 7.37. The van der Waals surface area contributed by atoms with Gasteiger partial charge in [0.25, 0.3) is 0 Å². The number of carbonyl (C=O) groups excluding carboxylic acids is 1. The van der Waals surface area contributed by atoms with E-state index in [9.17, 15) is 18.0 Å². The third-order valence-electron chi connectivity index (χ3n) is 3.50. The number of halogens is 3. The Bertz CT molecular complexity index is 857. The van der Waals surface area contributed by atoms with Crippen molar-refractivity contribution in [2.45, 2.75) is 12.8 Å². The number of hydrogen-bond acceptors (Lipinski definition) is 3. The van der Waals surface area contributed by atoms with E-state index < -0.39 is 17.7 Å². The molecule has 0 spiro atoms. The van der Waals surface area contributed by atoms with E-state index in [-0.39, 0.29) is 12.2 Å². The van der Waals surface area contributed by atoms with E-state index in [0.717, 1.165) is 23.4 Å². The van der Waals surface area contributed by atoms with Gasteiger partial charge in [0.1, 0.15) is 6.61 Å². The van der Waals surface area contributed by atoms with Crippen LogP contribution in [0, 0.1) is 0 Å². The highest BCUT2D eigenvalue weighted by Crippen LogP contribution is 2.29. The Kier molecular flexibility index (Phi) is 4.56. The summed E-state index contributed by atoms with van der Waals surface area (Å²) in [5.74, 6) is -0.803. The Morgan fingerprint density at radius 3 is 2.48 bits per heavy atom. The van der Waals surface area contributed by atoms with Crippen molar-refractivity contribution in [3.05, 3.63) is 83.7 Å². The molecule has 4 nitrogen and oxygen atoms in total. The smallest absolute Gasteiger partial charge is 0.416 e. The maximum absolute atomic E-state index is 12.7. The summed E-state index contributed by atoms with van der Waals surface area (Å²) in [6.45, 7) is -0.0333. The van der Waals surface area contributed by atoms with Crippen molar-refractivity contribution in [2.24, 2.45) is 0 Å². The lowest BCUT2D eigenvalue weighted by atomic mass is 10.1. The van der Waals surface area contributed by atoms with Gasteiger partial charge in [-0.1, -0.05) is 18.2 Å². The molecule has 0 N–H and O–H groups in total. The van der Waals surface area contributed by atoms with Crippen LogP contribution in [-0.2, 0) is 17.5 Å². The minimum Gasteiger partial charge on any atom is -0.457 e. The van der Waals surface area contributed by atoms with Crippen LogP contribution in [0.5, 0.6) is 0 Å². The van der Waals surface area contributed by atoms with Gasteiger partial charge in [0.2, 0.25) is 0 Å². The third-order valence-corrected chi connectivity index (χ3v) is 3.50. The summed E-state index contributed by atoms with van der Waals surface area (Å²) in [4.78, 5) is 11.9. The van der Waals surface area contributed by atoms with Crippen LogP contribution < -0.4 is 0 Å². The number of aromatic nitrogens is 2. The van der Waals surface area contributed by atoms with Crippen LogP contribution in [0.1, 0.15) is 21.5 Å². The Labute approximate surface area is 141 Å². The molecule has 25 heavy (non-hydrogen) atoms. The molecule has 128 valence electrons.